The number of halogens is 3. The summed E-state index contributed by atoms with van der Waals surface area (Å²) in [6.45, 7) is 8.87. The summed E-state index contributed by atoms with van der Waals surface area (Å²) < 4.78 is 44.0. The number of ether oxygens (including phenoxy) is 1. The molecular weight excluding hydrogens is 469 g/mol. The van der Waals surface area contributed by atoms with Gasteiger partial charge in [-0.05, 0) is 84.9 Å². The number of nitrogens with zero attached hydrogens (tertiary/aromatic N) is 2. The van der Waals surface area contributed by atoms with Gasteiger partial charge >= 0.3 is 12.3 Å². The number of aryl methyl sites for hydroxylation is 2. The maximum absolute atomic E-state index is 12.6. The summed E-state index contributed by atoms with van der Waals surface area (Å²) in [6, 6.07) is 10.3. The zero-order chi connectivity index (χ0) is 26.3. The van der Waals surface area contributed by atoms with Gasteiger partial charge in [0.05, 0.1) is 11.0 Å². The van der Waals surface area contributed by atoms with E-state index in [1.54, 1.807) is 12.1 Å². The van der Waals surface area contributed by atoms with Crippen molar-refractivity contribution in [1.82, 2.24) is 9.55 Å². The fraction of sp³-hybridized carbons (Fsp3) is 0.500. The van der Waals surface area contributed by atoms with Crippen LogP contribution in [0.2, 0.25) is 0 Å². The number of carboxylic acid groups (broad SMARTS) is 1. The van der Waals surface area contributed by atoms with Crippen LogP contribution in [0.4, 0.5) is 13.2 Å². The van der Waals surface area contributed by atoms with Crippen molar-refractivity contribution in [3.8, 4) is 5.75 Å². The zero-order valence-corrected chi connectivity index (χ0v) is 21.2. The van der Waals surface area contributed by atoms with Crippen molar-refractivity contribution in [2.45, 2.75) is 78.6 Å². The maximum Gasteiger partial charge on any atom is 0.573 e. The highest BCUT2D eigenvalue weighted by Gasteiger charge is 2.35. The molecule has 0 radical (unpaired) electrons. The van der Waals surface area contributed by atoms with E-state index in [9.17, 15) is 18.0 Å². The van der Waals surface area contributed by atoms with Gasteiger partial charge in [0.2, 0.25) is 0 Å². The molecule has 8 heteroatoms. The summed E-state index contributed by atoms with van der Waals surface area (Å²) in [5, 5.41) is 9.13. The third kappa shape index (κ3) is 6.20. The maximum atomic E-state index is 12.6. The molecule has 5 nitrogen and oxygen atoms in total. The number of hydrogen-bond donors (Lipinski definition) is 1. The highest BCUT2D eigenvalue weighted by molar-refractivity contribution is 5.79. The van der Waals surface area contributed by atoms with Gasteiger partial charge in [-0.2, -0.15) is 0 Å². The van der Waals surface area contributed by atoms with Crippen molar-refractivity contribution < 1.29 is 27.8 Å². The molecule has 0 aliphatic heterocycles. The van der Waals surface area contributed by atoms with Crippen LogP contribution in [0.5, 0.6) is 5.75 Å². The Morgan fingerprint density at radius 1 is 1.19 bits per heavy atom. The largest absolute Gasteiger partial charge is 0.573 e. The molecule has 3 aromatic rings. The number of aromatic nitrogens is 2. The minimum Gasteiger partial charge on any atom is -0.481 e. The molecule has 2 aromatic carbocycles. The number of aliphatic carboxylic acids is 1. The van der Waals surface area contributed by atoms with Crippen LogP contribution >= 0.6 is 0 Å². The Labute approximate surface area is 209 Å². The first-order valence-corrected chi connectivity index (χ1v) is 12.4. The average molecular weight is 503 g/mol. The van der Waals surface area contributed by atoms with Crippen molar-refractivity contribution in [1.29, 1.82) is 0 Å². The van der Waals surface area contributed by atoms with Crippen molar-refractivity contribution in [3.63, 3.8) is 0 Å². The van der Waals surface area contributed by atoms with E-state index in [-0.39, 0.29) is 23.6 Å². The third-order valence-electron chi connectivity index (χ3n) is 7.08. The number of hydrogen-bond acceptors (Lipinski definition) is 3. The molecule has 1 aliphatic rings. The van der Waals surface area contributed by atoms with Gasteiger partial charge in [-0.1, -0.05) is 32.9 Å². The molecule has 1 aliphatic carbocycles. The number of carbonyl (C=O) groups is 1. The summed E-state index contributed by atoms with van der Waals surface area (Å²) in [7, 11) is 0. The van der Waals surface area contributed by atoms with Crippen LogP contribution in [0, 0.1) is 18.3 Å². The van der Waals surface area contributed by atoms with Crippen LogP contribution in [0.1, 0.15) is 75.0 Å². The lowest BCUT2D eigenvalue weighted by Crippen LogP contribution is -2.30. The first kappa shape index (κ1) is 26.0. The zero-order valence-electron chi connectivity index (χ0n) is 21.2. The molecule has 2 atom stereocenters. The van der Waals surface area contributed by atoms with Crippen LogP contribution in [-0.4, -0.2) is 27.0 Å². The van der Waals surface area contributed by atoms with E-state index in [2.05, 4.69) is 36.1 Å². The van der Waals surface area contributed by atoms with E-state index in [0.29, 0.717) is 18.8 Å². The van der Waals surface area contributed by atoms with Gasteiger partial charge in [0.15, 0.2) is 0 Å². The molecule has 4 rings (SSSR count). The standard InChI is InChI=1S/C28H33F3N2O3/c1-17-11-21(16-27(3,4)15-17)33-24-12-18(2)20(7-10-26(34)35)14-23(24)32-25(33)13-19-5-8-22(9-6-19)36-28(29,30)31/h5-6,8-9,12,14,17,21H,7,10-11,13,15-16H2,1-4H3,(H,34,35)/t17-,21+/m1/s1. The van der Waals surface area contributed by atoms with Crippen molar-refractivity contribution in [2.24, 2.45) is 11.3 Å². The Morgan fingerprint density at radius 3 is 2.50 bits per heavy atom. The third-order valence-corrected chi connectivity index (χ3v) is 7.08. The summed E-state index contributed by atoms with van der Waals surface area (Å²) in [5.41, 5.74) is 4.87. The Morgan fingerprint density at radius 2 is 1.89 bits per heavy atom. The number of rotatable bonds is 7. The number of carboxylic acids is 1. The average Bonchev–Trinajstić information content (AvgIpc) is 3.07. The number of fused-ring (bicyclic) bond motifs is 1. The molecule has 1 heterocycles. The second-order valence-corrected chi connectivity index (χ2v) is 11.0. The molecule has 0 saturated heterocycles. The first-order chi connectivity index (χ1) is 16.8. The molecule has 1 fully saturated rings. The minimum absolute atomic E-state index is 0.0561. The Kier molecular flexibility index (Phi) is 7.08. The lowest BCUT2D eigenvalue weighted by atomic mass is 9.70. The molecule has 194 valence electrons. The van der Waals surface area contributed by atoms with E-state index in [0.717, 1.165) is 52.8 Å². The molecule has 0 spiro atoms. The number of alkyl halides is 3. The number of benzene rings is 2. The second-order valence-electron chi connectivity index (χ2n) is 11.0. The SMILES string of the molecule is Cc1cc2c(cc1CCC(=O)O)nc(Cc1ccc(OC(F)(F)F)cc1)n2[C@H]1C[C@@H](C)CC(C)(C)C1. The van der Waals surface area contributed by atoms with E-state index >= 15 is 0 Å². The van der Waals surface area contributed by atoms with Gasteiger partial charge < -0.3 is 14.4 Å². The Balaban J connectivity index is 1.74. The lowest BCUT2D eigenvalue weighted by molar-refractivity contribution is -0.274. The van der Waals surface area contributed by atoms with Gasteiger partial charge in [-0.15, -0.1) is 13.2 Å². The Hall–Kier alpha value is -3.03. The van der Waals surface area contributed by atoms with E-state index in [1.165, 1.54) is 12.1 Å². The predicted molar refractivity (Wildman–Crippen MR) is 132 cm³/mol. The summed E-state index contributed by atoms with van der Waals surface area (Å²) >= 11 is 0. The quantitative estimate of drug-likeness (QED) is 0.370. The highest BCUT2D eigenvalue weighted by atomic mass is 19.4. The van der Waals surface area contributed by atoms with E-state index in [4.69, 9.17) is 10.1 Å². The highest BCUT2D eigenvalue weighted by Crippen LogP contribution is 2.45. The van der Waals surface area contributed by atoms with E-state index < -0.39 is 12.3 Å². The monoisotopic (exact) mass is 502 g/mol. The Bertz CT molecular complexity index is 1250. The smallest absolute Gasteiger partial charge is 0.481 e. The first-order valence-electron chi connectivity index (χ1n) is 12.4. The van der Waals surface area contributed by atoms with Gasteiger partial charge in [-0.25, -0.2) is 4.98 Å². The van der Waals surface area contributed by atoms with Gasteiger partial charge in [-0.3, -0.25) is 4.79 Å². The van der Waals surface area contributed by atoms with Gasteiger partial charge in [0.1, 0.15) is 11.6 Å². The van der Waals surface area contributed by atoms with Crippen LogP contribution in [0.3, 0.4) is 0 Å². The molecular formula is C28H33F3N2O3. The molecule has 1 saturated carbocycles. The van der Waals surface area contributed by atoms with Gasteiger partial charge in [0.25, 0.3) is 0 Å². The molecule has 0 unspecified atom stereocenters. The second kappa shape index (κ2) is 9.79. The van der Waals surface area contributed by atoms with E-state index in [1.807, 2.05) is 13.0 Å². The number of imidazole rings is 1. The van der Waals surface area contributed by atoms with Crippen LogP contribution in [0.15, 0.2) is 36.4 Å². The van der Waals surface area contributed by atoms with Crippen molar-refractivity contribution in [2.75, 3.05) is 0 Å². The topological polar surface area (TPSA) is 64.3 Å². The van der Waals surface area contributed by atoms with Gasteiger partial charge in [0, 0.05) is 18.9 Å². The molecule has 1 aromatic heterocycles. The summed E-state index contributed by atoms with van der Waals surface area (Å²) in [6.07, 6.45) is -0.571. The van der Waals surface area contributed by atoms with Crippen LogP contribution < -0.4 is 4.74 Å². The van der Waals surface area contributed by atoms with Crippen LogP contribution in [0.25, 0.3) is 11.0 Å². The summed E-state index contributed by atoms with van der Waals surface area (Å²) in [5.74, 6) is 0.330. The fourth-order valence-electron chi connectivity index (χ4n) is 5.87. The lowest BCUT2D eigenvalue weighted by Gasteiger charge is -2.40. The molecule has 0 bridgehead atoms. The minimum atomic E-state index is -4.73. The molecule has 0 amide bonds. The normalized spacial score (nSPS) is 20.0. The van der Waals surface area contributed by atoms with Crippen LogP contribution in [-0.2, 0) is 17.6 Å². The summed E-state index contributed by atoms with van der Waals surface area (Å²) in [4.78, 5) is 16.1. The molecule has 36 heavy (non-hydrogen) atoms. The fourth-order valence-corrected chi connectivity index (χ4v) is 5.87. The van der Waals surface area contributed by atoms with Crippen molar-refractivity contribution in [3.05, 3.63) is 58.9 Å². The molecule has 1 N–H and O–H groups in total. The predicted octanol–water partition coefficient (Wildman–Crippen LogP) is 7.24. The van der Waals surface area contributed by atoms with Crippen molar-refractivity contribution >= 4 is 17.0 Å².